The molecule has 0 bridgehead atoms. The number of nitrogens with zero attached hydrogens (tertiary/aromatic N) is 1. The van der Waals surface area contributed by atoms with Gasteiger partial charge in [-0.2, -0.15) is 0 Å². The van der Waals surface area contributed by atoms with Gasteiger partial charge in [-0.3, -0.25) is 4.79 Å². The van der Waals surface area contributed by atoms with Crippen LogP contribution in [0.4, 0.5) is 11.4 Å². The van der Waals surface area contributed by atoms with Gasteiger partial charge in [-0.1, -0.05) is 6.07 Å². The maximum absolute atomic E-state index is 12.4. The van der Waals surface area contributed by atoms with Crippen molar-refractivity contribution < 1.29 is 14.3 Å². The molecule has 3 rings (SSSR count). The second kappa shape index (κ2) is 6.80. The van der Waals surface area contributed by atoms with Crippen LogP contribution in [-0.4, -0.2) is 25.0 Å². The first-order chi connectivity index (χ1) is 11.4. The van der Waals surface area contributed by atoms with Crippen LogP contribution < -0.4 is 15.0 Å². The Morgan fingerprint density at radius 1 is 1.25 bits per heavy atom. The van der Waals surface area contributed by atoms with Crippen molar-refractivity contribution in [2.45, 2.75) is 13.8 Å². The molecule has 0 saturated heterocycles. The minimum absolute atomic E-state index is 0.0646. The number of nitrogens with one attached hydrogen (secondary N) is 1. The number of esters is 1. The third-order valence-corrected chi connectivity index (χ3v) is 4.47. The molecule has 2 aromatic carbocycles. The van der Waals surface area contributed by atoms with Gasteiger partial charge in [0, 0.05) is 9.26 Å². The molecule has 0 unspecified atom stereocenters. The van der Waals surface area contributed by atoms with E-state index in [0.29, 0.717) is 5.75 Å². The van der Waals surface area contributed by atoms with Gasteiger partial charge in [0.1, 0.15) is 6.54 Å². The summed E-state index contributed by atoms with van der Waals surface area (Å²) in [6.45, 7) is 4.04. The summed E-state index contributed by atoms with van der Waals surface area (Å²) in [7, 11) is 0. The van der Waals surface area contributed by atoms with Crippen molar-refractivity contribution in [3.8, 4) is 5.75 Å². The predicted molar refractivity (Wildman–Crippen MR) is 102 cm³/mol. The Bertz CT molecular complexity index is 820. The van der Waals surface area contributed by atoms with Crippen molar-refractivity contribution in [1.29, 1.82) is 0 Å². The summed E-state index contributed by atoms with van der Waals surface area (Å²) in [6.07, 6.45) is 0. The standard InChI is InChI=1S/C18H17IN2O3/c1-11-3-6-15-16(7-11)24-18(23)10-21(15)9-17(22)20-14-5-4-13(19)8-12(14)2/h3-8H,9-10H2,1-2H3,(H,20,22). The molecule has 0 fully saturated rings. The molecule has 124 valence electrons. The van der Waals surface area contributed by atoms with Crippen LogP contribution in [0.5, 0.6) is 5.75 Å². The van der Waals surface area contributed by atoms with Gasteiger partial charge in [-0.05, 0) is 77.9 Å². The molecular formula is C18H17IN2O3. The van der Waals surface area contributed by atoms with E-state index in [0.717, 1.165) is 26.1 Å². The molecular weight excluding hydrogens is 419 g/mol. The zero-order valence-electron chi connectivity index (χ0n) is 13.4. The lowest BCUT2D eigenvalue weighted by Crippen LogP contribution is -2.41. The van der Waals surface area contributed by atoms with Crippen LogP contribution in [0.25, 0.3) is 0 Å². The van der Waals surface area contributed by atoms with E-state index in [1.54, 1.807) is 11.0 Å². The zero-order chi connectivity index (χ0) is 17.3. The summed E-state index contributed by atoms with van der Waals surface area (Å²) in [5.41, 5.74) is 3.55. The highest BCUT2D eigenvalue weighted by atomic mass is 127. The molecule has 1 aliphatic rings. The summed E-state index contributed by atoms with van der Waals surface area (Å²) >= 11 is 2.23. The fraction of sp³-hybridized carbons (Fsp3) is 0.222. The summed E-state index contributed by atoms with van der Waals surface area (Å²) in [6, 6.07) is 11.5. The van der Waals surface area contributed by atoms with Crippen molar-refractivity contribution >= 4 is 45.8 Å². The number of hydrogen-bond donors (Lipinski definition) is 1. The molecule has 0 saturated carbocycles. The number of aryl methyl sites for hydroxylation is 2. The van der Waals surface area contributed by atoms with Gasteiger partial charge in [0.15, 0.2) is 5.75 Å². The van der Waals surface area contributed by atoms with E-state index in [4.69, 9.17) is 4.74 Å². The highest BCUT2D eigenvalue weighted by Gasteiger charge is 2.25. The summed E-state index contributed by atoms with van der Waals surface area (Å²) in [5.74, 6) is -0.0172. The number of rotatable bonds is 3. The smallest absolute Gasteiger partial charge is 0.331 e. The Morgan fingerprint density at radius 2 is 2.04 bits per heavy atom. The number of carbonyl (C=O) groups is 2. The van der Waals surface area contributed by atoms with Crippen LogP contribution >= 0.6 is 22.6 Å². The van der Waals surface area contributed by atoms with Crippen LogP contribution in [-0.2, 0) is 9.59 Å². The van der Waals surface area contributed by atoms with E-state index in [-0.39, 0.29) is 25.0 Å². The Hall–Kier alpha value is -2.09. The minimum Gasteiger partial charge on any atom is -0.423 e. The molecule has 24 heavy (non-hydrogen) atoms. The summed E-state index contributed by atoms with van der Waals surface area (Å²) in [4.78, 5) is 25.9. The van der Waals surface area contributed by atoms with Crippen LogP contribution in [0.2, 0.25) is 0 Å². The van der Waals surface area contributed by atoms with Gasteiger partial charge in [0.05, 0.1) is 12.2 Å². The van der Waals surface area contributed by atoms with E-state index < -0.39 is 0 Å². The van der Waals surface area contributed by atoms with Gasteiger partial charge in [-0.15, -0.1) is 0 Å². The van der Waals surface area contributed by atoms with E-state index in [9.17, 15) is 9.59 Å². The molecule has 0 aliphatic carbocycles. The highest BCUT2D eigenvalue weighted by Crippen LogP contribution is 2.32. The lowest BCUT2D eigenvalue weighted by molar-refractivity contribution is -0.133. The average Bonchev–Trinajstić information content (AvgIpc) is 2.49. The third-order valence-electron chi connectivity index (χ3n) is 3.80. The lowest BCUT2D eigenvalue weighted by Gasteiger charge is -2.29. The first kappa shape index (κ1) is 16.8. The number of amides is 1. The van der Waals surface area contributed by atoms with Crippen molar-refractivity contribution in [2.75, 3.05) is 23.3 Å². The van der Waals surface area contributed by atoms with E-state index in [2.05, 4.69) is 27.9 Å². The number of fused-ring (bicyclic) bond motifs is 1. The molecule has 0 aromatic heterocycles. The van der Waals surface area contributed by atoms with Crippen molar-refractivity contribution in [3.05, 3.63) is 51.1 Å². The van der Waals surface area contributed by atoms with Gasteiger partial charge in [0.2, 0.25) is 5.91 Å². The van der Waals surface area contributed by atoms with Crippen molar-refractivity contribution in [1.82, 2.24) is 0 Å². The second-order valence-electron chi connectivity index (χ2n) is 5.81. The van der Waals surface area contributed by atoms with Crippen molar-refractivity contribution in [3.63, 3.8) is 0 Å². The zero-order valence-corrected chi connectivity index (χ0v) is 15.6. The SMILES string of the molecule is Cc1ccc2c(c1)OC(=O)CN2CC(=O)Nc1ccc(I)cc1C. The van der Waals surface area contributed by atoms with Crippen LogP contribution in [0.15, 0.2) is 36.4 Å². The van der Waals surface area contributed by atoms with Gasteiger partial charge in [-0.25, -0.2) is 4.79 Å². The van der Waals surface area contributed by atoms with Crippen LogP contribution in [0.3, 0.4) is 0 Å². The van der Waals surface area contributed by atoms with Gasteiger partial charge >= 0.3 is 5.97 Å². The number of ether oxygens (including phenoxy) is 1. The fourth-order valence-electron chi connectivity index (χ4n) is 2.63. The number of halogens is 1. The van der Waals surface area contributed by atoms with E-state index in [1.165, 1.54) is 0 Å². The maximum Gasteiger partial charge on any atom is 0.331 e. The molecule has 1 N–H and O–H groups in total. The summed E-state index contributed by atoms with van der Waals surface area (Å²) < 4.78 is 6.38. The Balaban J connectivity index is 1.76. The third kappa shape index (κ3) is 3.69. The average molecular weight is 436 g/mol. The maximum atomic E-state index is 12.4. The highest BCUT2D eigenvalue weighted by molar-refractivity contribution is 14.1. The molecule has 5 nitrogen and oxygen atoms in total. The Kier molecular flexibility index (Phi) is 4.75. The van der Waals surface area contributed by atoms with Gasteiger partial charge in [0.25, 0.3) is 0 Å². The largest absolute Gasteiger partial charge is 0.423 e. The number of benzene rings is 2. The topological polar surface area (TPSA) is 58.6 Å². The first-order valence-corrected chi connectivity index (χ1v) is 8.62. The minimum atomic E-state index is -0.355. The van der Waals surface area contributed by atoms with Crippen LogP contribution in [0, 0.1) is 17.4 Å². The van der Waals surface area contributed by atoms with Crippen molar-refractivity contribution in [2.24, 2.45) is 0 Å². The predicted octanol–water partition coefficient (Wildman–Crippen LogP) is 3.27. The number of carbonyl (C=O) groups excluding carboxylic acids is 2. The fourth-order valence-corrected chi connectivity index (χ4v) is 3.28. The number of hydrogen-bond acceptors (Lipinski definition) is 4. The number of anilines is 2. The van der Waals surface area contributed by atoms with E-state index >= 15 is 0 Å². The van der Waals surface area contributed by atoms with E-state index in [1.807, 2.05) is 44.2 Å². The van der Waals surface area contributed by atoms with Crippen LogP contribution in [0.1, 0.15) is 11.1 Å². The molecule has 1 heterocycles. The molecule has 2 aromatic rings. The lowest BCUT2D eigenvalue weighted by atomic mass is 10.1. The molecule has 0 radical (unpaired) electrons. The monoisotopic (exact) mass is 436 g/mol. The Labute approximate surface area is 154 Å². The second-order valence-corrected chi connectivity index (χ2v) is 7.05. The Morgan fingerprint density at radius 3 is 2.79 bits per heavy atom. The molecule has 6 heteroatoms. The quantitative estimate of drug-likeness (QED) is 0.456. The molecule has 1 amide bonds. The van der Waals surface area contributed by atoms with Gasteiger partial charge < -0.3 is 15.0 Å². The molecule has 1 aliphatic heterocycles. The summed E-state index contributed by atoms with van der Waals surface area (Å²) in [5, 5.41) is 2.91. The molecule has 0 atom stereocenters. The first-order valence-electron chi connectivity index (χ1n) is 7.54. The molecule has 0 spiro atoms. The normalized spacial score (nSPS) is 13.3.